The van der Waals surface area contributed by atoms with E-state index < -0.39 is 0 Å². The van der Waals surface area contributed by atoms with E-state index >= 15 is 0 Å². The maximum atomic E-state index is 10.9. The summed E-state index contributed by atoms with van der Waals surface area (Å²) in [6.45, 7) is 3.28. The molecule has 0 aliphatic heterocycles. The summed E-state index contributed by atoms with van der Waals surface area (Å²) >= 11 is 1.25. The summed E-state index contributed by atoms with van der Waals surface area (Å²) in [6.07, 6.45) is 0. The first-order chi connectivity index (χ1) is 5.68. The molecule has 0 unspecified atom stereocenters. The molecule has 6 heteroatoms. The van der Waals surface area contributed by atoms with E-state index in [1.165, 1.54) is 18.3 Å². The van der Waals surface area contributed by atoms with Crippen LogP contribution < -0.4 is 0 Å². The quantitative estimate of drug-likeness (QED) is 0.609. The Morgan fingerprint density at radius 3 is 2.83 bits per heavy atom. The molecule has 0 radical (unpaired) electrons. The van der Waals surface area contributed by atoms with E-state index in [-0.39, 0.29) is 5.78 Å². The van der Waals surface area contributed by atoms with Crippen LogP contribution in [0, 0.1) is 6.92 Å². The van der Waals surface area contributed by atoms with E-state index in [1.807, 2.05) is 0 Å². The average molecular weight is 182 g/mol. The summed E-state index contributed by atoms with van der Waals surface area (Å²) in [4.78, 5) is 11.6. The van der Waals surface area contributed by atoms with E-state index in [1.54, 1.807) is 11.4 Å². The topological polar surface area (TPSA) is 60.2 Å². The van der Waals surface area contributed by atoms with Crippen LogP contribution in [0.4, 0.5) is 0 Å². The molecular formula is C6H6N4OS. The Hall–Kier alpha value is -1.30. The van der Waals surface area contributed by atoms with Crippen LogP contribution in [0.1, 0.15) is 22.6 Å². The maximum absolute atomic E-state index is 10.9. The minimum absolute atomic E-state index is 0.0371. The third kappa shape index (κ3) is 0.918. The Bertz CT molecular complexity index is 443. The number of ketones is 1. The second-order valence-electron chi connectivity index (χ2n) is 2.40. The predicted molar refractivity (Wildman–Crippen MR) is 43.4 cm³/mol. The van der Waals surface area contributed by atoms with Crippen molar-refractivity contribution in [2.45, 2.75) is 13.8 Å². The van der Waals surface area contributed by atoms with Gasteiger partial charge >= 0.3 is 0 Å². The highest BCUT2D eigenvalue weighted by Gasteiger charge is 2.10. The summed E-state index contributed by atoms with van der Waals surface area (Å²) in [6, 6.07) is 0. The molecule has 62 valence electrons. The normalized spacial score (nSPS) is 10.8. The molecule has 2 aromatic heterocycles. The third-order valence-corrected chi connectivity index (χ3v) is 2.45. The number of rotatable bonds is 1. The van der Waals surface area contributed by atoms with E-state index in [0.717, 1.165) is 0 Å². The fourth-order valence-electron chi connectivity index (χ4n) is 0.857. The molecule has 0 spiro atoms. The number of carbonyl (C=O) groups excluding carboxylic acids is 1. The summed E-state index contributed by atoms with van der Waals surface area (Å²) in [7, 11) is 0. The van der Waals surface area contributed by atoms with Crippen LogP contribution in [0.3, 0.4) is 0 Å². The van der Waals surface area contributed by atoms with Crippen LogP contribution in [0.15, 0.2) is 0 Å². The van der Waals surface area contributed by atoms with Crippen molar-refractivity contribution in [1.29, 1.82) is 0 Å². The number of aryl methyl sites for hydroxylation is 1. The third-order valence-electron chi connectivity index (χ3n) is 1.45. The zero-order valence-corrected chi connectivity index (χ0v) is 7.42. The standard InChI is InChI=1S/C6H6N4OS/c1-3(11)5-9-10-4(2)7-8-6(10)12-5/h1-2H3. The molecule has 0 aliphatic rings. The Labute approximate surface area is 72.0 Å². The lowest BCUT2D eigenvalue weighted by Crippen LogP contribution is -1.94. The van der Waals surface area contributed by atoms with Crippen molar-refractivity contribution < 1.29 is 4.79 Å². The largest absolute Gasteiger partial charge is 0.292 e. The minimum Gasteiger partial charge on any atom is -0.292 e. The predicted octanol–water partition coefficient (Wildman–Crippen LogP) is 0.697. The summed E-state index contributed by atoms with van der Waals surface area (Å²) in [5.74, 6) is 0.665. The van der Waals surface area contributed by atoms with Gasteiger partial charge in [-0.15, -0.1) is 15.3 Å². The van der Waals surface area contributed by atoms with E-state index in [2.05, 4.69) is 15.3 Å². The monoisotopic (exact) mass is 182 g/mol. The highest BCUT2D eigenvalue weighted by atomic mass is 32.1. The van der Waals surface area contributed by atoms with Crippen molar-refractivity contribution in [3.63, 3.8) is 0 Å². The molecule has 0 saturated carbocycles. The molecule has 0 N–H and O–H groups in total. The highest BCUT2D eigenvalue weighted by molar-refractivity contribution is 7.18. The first kappa shape index (κ1) is 7.35. The van der Waals surface area contributed by atoms with Gasteiger partial charge < -0.3 is 0 Å². The Morgan fingerprint density at radius 2 is 2.25 bits per heavy atom. The van der Waals surface area contributed by atoms with Crippen molar-refractivity contribution in [2.75, 3.05) is 0 Å². The number of aromatic nitrogens is 4. The molecule has 2 heterocycles. The molecule has 0 saturated heterocycles. The molecular weight excluding hydrogens is 176 g/mol. The van der Waals surface area contributed by atoms with E-state index in [9.17, 15) is 4.79 Å². The van der Waals surface area contributed by atoms with Gasteiger partial charge in [-0.25, -0.2) is 0 Å². The van der Waals surface area contributed by atoms with Gasteiger partial charge in [0.1, 0.15) is 0 Å². The zero-order chi connectivity index (χ0) is 8.72. The smallest absolute Gasteiger partial charge is 0.235 e. The number of hydrogen-bond acceptors (Lipinski definition) is 5. The number of carbonyl (C=O) groups is 1. The summed E-state index contributed by atoms with van der Waals surface area (Å²) in [5, 5.41) is 12.2. The molecule has 0 aromatic carbocycles. The van der Waals surface area contributed by atoms with Crippen molar-refractivity contribution >= 4 is 22.1 Å². The Balaban J connectivity index is 2.70. The zero-order valence-electron chi connectivity index (χ0n) is 6.61. The first-order valence-electron chi connectivity index (χ1n) is 3.38. The van der Waals surface area contributed by atoms with Crippen LogP contribution >= 0.6 is 11.3 Å². The summed E-state index contributed by atoms with van der Waals surface area (Å²) in [5.41, 5.74) is 0. The number of nitrogens with zero attached hydrogens (tertiary/aromatic N) is 4. The Morgan fingerprint density at radius 1 is 1.50 bits per heavy atom. The van der Waals surface area contributed by atoms with Crippen molar-refractivity contribution in [2.24, 2.45) is 0 Å². The van der Waals surface area contributed by atoms with Crippen LogP contribution in [0.5, 0.6) is 0 Å². The van der Waals surface area contributed by atoms with Gasteiger partial charge in [-0.05, 0) is 6.92 Å². The van der Waals surface area contributed by atoms with Gasteiger partial charge in [0.05, 0.1) is 0 Å². The van der Waals surface area contributed by atoms with Crippen molar-refractivity contribution in [3.8, 4) is 0 Å². The van der Waals surface area contributed by atoms with Crippen molar-refractivity contribution in [1.82, 2.24) is 19.8 Å². The number of Topliss-reactive ketones (excluding diaryl/α,β-unsaturated/α-hetero) is 1. The SMILES string of the molecule is CC(=O)c1nn2c(C)nnc2s1. The maximum Gasteiger partial charge on any atom is 0.235 e. The molecule has 0 amide bonds. The molecule has 2 rings (SSSR count). The molecule has 5 nitrogen and oxygen atoms in total. The molecule has 0 aliphatic carbocycles. The fourth-order valence-corrected chi connectivity index (χ4v) is 1.64. The van der Waals surface area contributed by atoms with Gasteiger partial charge in [-0.3, -0.25) is 4.79 Å². The van der Waals surface area contributed by atoms with Gasteiger partial charge in [-0.1, -0.05) is 11.3 Å². The van der Waals surface area contributed by atoms with Gasteiger partial charge in [0, 0.05) is 6.92 Å². The lowest BCUT2D eigenvalue weighted by molar-refractivity contribution is 0.101. The molecule has 0 fully saturated rings. The van der Waals surface area contributed by atoms with Gasteiger partial charge in [0.15, 0.2) is 16.6 Å². The lowest BCUT2D eigenvalue weighted by atomic mass is 10.5. The summed E-state index contributed by atoms with van der Waals surface area (Å²) < 4.78 is 1.57. The molecule has 2 aromatic rings. The average Bonchev–Trinajstić information content (AvgIpc) is 2.53. The second-order valence-corrected chi connectivity index (χ2v) is 3.36. The lowest BCUT2D eigenvalue weighted by Gasteiger charge is -1.82. The fraction of sp³-hybridized carbons (Fsp3) is 0.333. The Kier molecular flexibility index (Phi) is 1.44. The first-order valence-corrected chi connectivity index (χ1v) is 4.20. The second kappa shape index (κ2) is 2.34. The molecule has 12 heavy (non-hydrogen) atoms. The molecule has 0 atom stereocenters. The van der Waals surface area contributed by atoms with E-state index in [4.69, 9.17) is 0 Å². The highest BCUT2D eigenvalue weighted by Crippen LogP contribution is 2.13. The van der Waals surface area contributed by atoms with Crippen LogP contribution in [-0.4, -0.2) is 25.6 Å². The number of fused-ring (bicyclic) bond motifs is 1. The van der Waals surface area contributed by atoms with Gasteiger partial charge in [0.25, 0.3) is 0 Å². The number of hydrogen-bond donors (Lipinski definition) is 0. The molecule has 0 bridgehead atoms. The van der Waals surface area contributed by atoms with E-state index in [0.29, 0.717) is 15.8 Å². The van der Waals surface area contributed by atoms with Crippen molar-refractivity contribution in [3.05, 3.63) is 10.8 Å². The van der Waals surface area contributed by atoms with Crippen LogP contribution in [0.25, 0.3) is 4.96 Å². The minimum atomic E-state index is -0.0371. The van der Waals surface area contributed by atoms with Gasteiger partial charge in [0.2, 0.25) is 4.96 Å². The van der Waals surface area contributed by atoms with Crippen LogP contribution in [0.2, 0.25) is 0 Å². The van der Waals surface area contributed by atoms with Gasteiger partial charge in [-0.2, -0.15) is 4.52 Å². The van der Waals surface area contributed by atoms with Crippen LogP contribution in [-0.2, 0) is 0 Å².